The fourth-order valence-electron chi connectivity index (χ4n) is 9.82. The Hall–Kier alpha value is -6.63. The molecule has 1 saturated heterocycles. The van der Waals surface area contributed by atoms with E-state index < -0.39 is 0 Å². The Labute approximate surface area is 394 Å². The summed E-state index contributed by atoms with van der Waals surface area (Å²) in [6.07, 6.45) is 14.1. The van der Waals surface area contributed by atoms with E-state index in [9.17, 15) is 4.79 Å². The number of ether oxygens (including phenoxy) is 8. The molecule has 67 heavy (non-hydrogen) atoms. The molecule has 0 radical (unpaired) electrons. The standard InChI is InChI=1S/C38H42N2O6.C17H19NO3/c1-39-15-13-25-20-32(42-4)34-22-28(25)29(39)17-23-7-10-27(11-8-23)45-33-19-24(9-12-31(33)41-3)18-30-36-26(14-16-40(30)2)21-35(43-5)37(44-6)38(36)46-34;19-17(18-10-4-1-5-11-18)7-3-2-6-14-8-9-15-16(12-14)21-13-20-15/h7-12,19-22,29-30H,13-18H2,1-6H3;2-3,6-9,12H,1,4-5,10-11,13H2. The molecule has 12 nitrogen and oxygen atoms in total. The number of hydrogen-bond donors (Lipinski definition) is 0. The summed E-state index contributed by atoms with van der Waals surface area (Å²) in [6.45, 7) is 3.91. The first-order valence-corrected chi connectivity index (χ1v) is 23.3. The van der Waals surface area contributed by atoms with Crippen molar-refractivity contribution in [1.82, 2.24) is 14.7 Å². The van der Waals surface area contributed by atoms with Gasteiger partial charge in [0.25, 0.3) is 0 Å². The minimum absolute atomic E-state index is 0.000437. The van der Waals surface area contributed by atoms with Crippen LogP contribution in [0, 0.1) is 0 Å². The largest absolute Gasteiger partial charge is 0.493 e. The van der Waals surface area contributed by atoms with Gasteiger partial charge in [-0.3, -0.25) is 14.6 Å². The molecule has 0 spiro atoms. The lowest BCUT2D eigenvalue weighted by molar-refractivity contribution is -0.126. The summed E-state index contributed by atoms with van der Waals surface area (Å²) in [6, 6.07) is 27.0. The summed E-state index contributed by atoms with van der Waals surface area (Å²) < 4.78 is 47.7. The molecule has 12 heteroatoms. The van der Waals surface area contributed by atoms with Crippen LogP contribution in [0.25, 0.3) is 6.08 Å². The van der Waals surface area contributed by atoms with E-state index in [0.717, 1.165) is 98.6 Å². The lowest BCUT2D eigenvalue weighted by Gasteiger charge is -2.37. The van der Waals surface area contributed by atoms with Crippen molar-refractivity contribution >= 4 is 12.0 Å². The molecule has 5 aromatic rings. The zero-order chi connectivity index (χ0) is 46.4. The molecule has 6 heterocycles. The van der Waals surface area contributed by atoms with E-state index in [2.05, 4.69) is 66.4 Å². The Morgan fingerprint density at radius 1 is 0.612 bits per heavy atom. The molecule has 350 valence electrons. The van der Waals surface area contributed by atoms with Gasteiger partial charge in [0, 0.05) is 49.9 Å². The monoisotopic (exact) mass is 907 g/mol. The summed E-state index contributed by atoms with van der Waals surface area (Å²) in [5.41, 5.74) is 8.18. The third-order valence-corrected chi connectivity index (χ3v) is 13.6. The molecular formula is C55H61N3O9. The maximum atomic E-state index is 11.9. The van der Waals surface area contributed by atoms with Crippen LogP contribution >= 0.6 is 0 Å². The second-order valence-corrected chi connectivity index (χ2v) is 17.7. The van der Waals surface area contributed by atoms with Gasteiger partial charge in [0.2, 0.25) is 18.4 Å². The van der Waals surface area contributed by atoms with Gasteiger partial charge in [-0.25, -0.2) is 0 Å². The number of hydrogen-bond acceptors (Lipinski definition) is 11. The third-order valence-electron chi connectivity index (χ3n) is 13.6. The number of likely N-dealkylation sites (N-methyl/N-ethyl adjacent to an activating group) is 2. The number of likely N-dealkylation sites (tertiary alicyclic amines) is 1. The van der Waals surface area contributed by atoms with Crippen molar-refractivity contribution in [3.8, 4) is 57.5 Å². The van der Waals surface area contributed by atoms with Gasteiger partial charge in [-0.1, -0.05) is 42.5 Å². The van der Waals surface area contributed by atoms with Crippen molar-refractivity contribution in [2.24, 2.45) is 0 Å². The van der Waals surface area contributed by atoms with E-state index in [1.54, 1.807) is 40.6 Å². The SMILES string of the molecule is COc1ccc2cc1Oc1ccc(cc1)CC1c3cc(c(OC)cc3CCN1C)Oc1c(OC)c(OC)cc3c1C(C2)N(C)CC3.O=C(C=CC=Cc1ccc2c(c1)OCO2)N1CCCCC1. The molecule has 2 atom stereocenters. The number of fused-ring (bicyclic) bond motifs is 3. The minimum atomic E-state index is 0.000437. The highest BCUT2D eigenvalue weighted by molar-refractivity contribution is 5.88. The third kappa shape index (κ3) is 9.92. The molecule has 6 bridgehead atoms. The second kappa shape index (κ2) is 20.5. The first-order chi connectivity index (χ1) is 32.7. The van der Waals surface area contributed by atoms with E-state index in [4.69, 9.17) is 37.9 Å². The van der Waals surface area contributed by atoms with Crippen LogP contribution < -0.4 is 37.9 Å². The van der Waals surface area contributed by atoms with E-state index in [0.29, 0.717) is 40.2 Å². The Bertz CT molecular complexity index is 2640. The number of piperidine rings is 1. The topological polar surface area (TPSA) is 101 Å². The molecule has 1 amide bonds. The Morgan fingerprint density at radius 2 is 1.30 bits per heavy atom. The number of carbonyl (C=O) groups is 1. The Kier molecular flexibility index (Phi) is 13.9. The van der Waals surface area contributed by atoms with Crippen LogP contribution in [0.4, 0.5) is 0 Å². The van der Waals surface area contributed by atoms with E-state index in [1.165, 1.54) is 28.7 Å². The Balaban J connectivity index is 0.000000223. The average molecular weight is 908 g/mol. The maximum Gasteiger partial charge on any atom is 0.246 e. The lowest BCUT2D eigenvalue weighted by atomic mass is 9.87. The number of amides is 1. The van der Waals surface area contributed by atoms with Crippen LogP contribution in [0.5, 0.6) is 57.5 Å². The maximum absolute atomic E-state index is 11.9. The summed E-state index contributed by atoms with van der Waals surface area (Å²) in [4.78, 5) is 18.7. The van der Waals surface area contributed by atoms with Gasteiger partial charge in [0.05, 0.1) is 28.4 Å². The van der Waals surface area contributed by atoms with Gasteiger partial charge in [-0.15, -0.1) is 0 Å². The van der Waals surface area contributed by atoms with Crippen LogP contribution in [0.3, 0.4) is 0 Å². The first-order valence-electron chi connectivity index (χ1n) is 23.3. The highest BCUT2D eigenvalue weighted by Crippen LogP contribution is 2.52. The van der Waals surface area contributed by atoms with Crippen LogP contribution in [0.2, 0.25) is 0 Å². The summed E-state index contributed by atoms with van der Waals surface area (Å²) in [7, 11) is 11.1. The molecule has 2 unspecified atom stereocenters. The van der Waals surface area contributed by atoms with Crippen LogP contribution in [-0.4, -0.2) is 96.1 Å². The number of benzene rings is 5. The molecule has 0 aliphatic carbocycles. The van der Waals surface area contributed by atoms with Crippen molar-refractivity contribution in [2.45, 2.75) is 57.0 Å². The fourth-order valence-corrected chi connectivity index (χ4v) is 9.82. The highest BCUT2D eigenvalue weighted by atomic mass is 16.7. The fraction of sp³-hybridized carbons (Fsp3) is 0.364. The van der Waals surface area contributed by atoms with Crippen LogP contribution in [-0.2, 0) is 30.5 Å². The molecule has 1 fully saturated rings. The van der Waals surface area contributed by atoms with Crippen molar-refractivity contribution < 1.29 is 42.7 Å². The molecule has 6 aliphatic heterocycles. The van der Waals surface area contributed by atoms with E-state index in [1.807, 2.05) is 53.5 Å². The first kappa shape index (κ1) is 45.5. The van der Waals surface area contributed by atoms with Crippen molar-refractivity contribution in [2.75, 3.05) is 75.5 Å². The lowest BCUT2D eigenvalue weighted by Crippen LogP contribution is -2.34. The van der Waals surface area contributed by atoms with Gasteiger partial charge < -0.3 is 42.8 Å². The smallest absolute Gasteiger partial charge is 0.246 e. The number of carbonyl (C=O) groups excluding carboxylic acids is 1. The molecule has 11 rings (SSSR count). The zero-order valence-electron chi connectivity index (χ0n) is 39.5. The molecule has 5 aromatic carbocycles. The molecule has 0 N–H and O–H groups in total. The van der Waals surface area contributed by atoms with Crippen molar-refractivity contribution in [3.05, 3.63) is 136 Å². The van der Waals surface area contributed by atoms with Gasteiger partial charge in [-0.2, -0.15) is 0 Å². The zero-order valence-corrected chi connectivity index (χ0v) is 39.5. The Morgan fingerprint density at radius 3 is 2.06 bits per heavy atom. The van der Waals surface area contributed by atoms with Gasteiger partial charge in [-0.05, 0) is 147 Å². The summed E-state index contributed by atoms with van der Waals surface area (Å²) in [5, 5.41) is 0. The molecule has 6 aliphatic rings. The van der Waals surface area contributed by atoms with Gasteiger partial charge >= 0.3 is 0 Å². The molecule has 0 aromatic heterocycles. The van der Waals surface area contributed by atoms with Crippen LogP contribution in [0.1, 0.15) is 70.3 Å². The van der Waals surface area contributed by atoms with Gasteiger partial charge in [0.1, 0.15) is 5.75 Å². The number of nitrogens with zero attached hydrogens (tertiary/aromatic N) is 3. The molecule has 0 saturated carbocycles. The summed E-state index contributed by atoms with van der Waals surface area (Å²) >= 11 is 0. The van der Waals surface area contributed by atoms with Crippen molar-refractivity contribution in [1.29, 1.82) is 0 Å². The summed E-state index contributed by atoms with van der Waals surface area (Å²) in [5.74, 6) is 7.06. The normalized spacial score (nSPS) is 18.7. The predicted octanol–water partition coefficient (Wildman–Crippen LogP) is 10.2. The number of rotatable bonds is 7. The highest BCUT2D eigenvalue weighted by Gasteiger charge is 2.35. The van der Waals surface area contributed by atoms with E-state index >= 15 is 0 Å². The van der Waals surface area contributed by atoms with Crippen molar-refractivity contribution in [3.63, 3.8) is 0 Å². The predicted molar refractivity (Wildman–Crippen MR) is 259 cm³/mol. The average Bonchev–Trinajstić information content (AvgIpc) is 3.83. The second-order valence-electron chi connectivity index (χ2n) is 17.7. The van der Waals surface area contributed by atoms with E-state index in [-0.39, 0.29) is 24.8 Å². The molecular weight excluding hydrogens is 847 g/mol. The van der Waals surface area contributed by atoms with Gasteiger partial charge in [0.15, 0.2) is 46.0 Å². The van der Waals surface area contributed by atoms with Crippen LogP contribution in [0.15, 0.2) is 97.1 Å². The number of methoxy groups -OCH3 is 4. The number of allylic oxidation sites excluding steroid dienone is 2. The minimum Gasteiger partial charge on any atom is -0.493 e. The quantitative estimate of drug-likeness (QED) is 0.115.